The van der Waals surface area contributed by atoms with Crippen LogP contribution in [0.15, 0.2) is 0 Å². The number of alkyl halides is 1. The second-order valence-corrected chi connectivity index (χ2v) is 6.19. The molecule has 5 heteroatoms. The third kappa shape index (κ3) is 1.86. The number of rotatable bonds is 2. The van der Waals surface area contributed by atoms with Crippen molar-refractivity contribution in [1.82, 2.24) is 4.31 Å². The molecule has 2 rings (SSSR count). The fourth-order valence-electron chi connectivity index (χ4n) is 1.69. The molecule has 1 heterocycles. The van der Waals surface area contributed by atoms with Gasteiger partial charge in [0.05, 0.1) is 5.25 Å². The predicted octanol–water partition coefficient (Wildman–Crippen LogP) is 1.54. The molecule has 1 unspecified atom stereocenters. The summed E-state index contributed by atoms with van der Waals surface area (Å²) < 4.78 is 34.1. The summed E-state index contributed by atoms with van der Waals surface area (Å²) in [6.45, 7) is 1.00. The molecule has 0 aromatic rings. The summed E-state index contributed by atoms with van der Waals surface area (Å²) in [4.78, 5) is 0. The Morgan fingerprint density at radius 3 is 2.23 bits per heavy atom. The average Bonchev–Trinajstić information content (AvgIpc) is 2.87. The first-order valence-corrected chi connectivity index (χ1v) is 6.35. The van der Waals surface area contributed by atoms with Gasteiger partial charge in [-0.1, -0.05) is 0 Å². The lowest BCUT2D eigenvalue weighted by molar-refractivity contribution is 0.213. The van der Waals surface area contributed by atoms with Crippen LogP contribution < -0.4 is 0 Å². The van der Waals surface area contributed by atoms with Crippen molar-refractivity contribution in [2.45, 2.75) is 37.1 Å². The molecule has 1 N–H and O–H groups in total. The van der Waals surface area contributed by atoms with Gasteiger partial charge in [-0.05, 0) is 25.7 Å². The molecule has 1 saturated heterocycles. The fourth-order valence-corrected chi connectivity index (χ4v) is 3.64. The minimum absolute atomic E-state index is 0.0728. The third-order valence-electron chi connectivity index (χ3n) is 2.74. The number of nitrogens with zero attached hydrogens (tertiary/aromatic N) is 1. The van der Waals surface area contributed by atoms with Crippen LogP contribution in [-0.2, 0) is 9.92 Å². The molecule has 1 saturated carbocycles. The quantitative estimate of drug-likeness (QED) is 0.732. The van der Waals surface area contributed by atoms with Crippen molar-refractivity contribution in [2.24, 2.45) is 0 Å². The molecule has 0 aromatic carbocycles. The second-order valence-electron chi connectivity index (χ2n) is 3.87. The number of hydrogen-bond acceptors (Lipinski definition) is 2. The molecule has 2 aliphatic rings. The van der Waals surface area contributed by atoms with Gasteiger partial charge in [-0.3, -0.25) is 0 Å². The van der Waals surface area contributed by atoms with Gasteiger partial charge >= 0.3 is 0 Å². The van der Waals surface area contributed by atoms with E-state index in [-0.39, 0.29) is 5.25 Å². The van der Waals surface area contributed by atoms with Crippen molar-refractivity contribution in [2.75, 3.05) is 13.1 Å². The summed E-state index contributed by atoms with van der Waals surface area (Å²) in [6, 6.07) is 0. The van der Waals surface area contributed by atoms with E-state index in [1.165, 1.54) is 0 Å². The molecule has 0 amide bonds. The standard InChI is InChI=1S/C8H15FN2OS/c9-7-3-5-11(6-4-7)13(10,12)8-1-2-8/h7-8,10H,1-6H2. The van der Waals surface area contributed by atoms with Gasteiger partial charge < -0.3 is 0 Å². The van der Waals surface area contributed by atoms with Gasteiger partial charge in [-0.25, -0.2) is 17.7 Å². The van der Waals surface area contributed by atoms with E-state index in [4.69, 9.17) is 4.78 Å². The molecule has 0 spiro atoms. The highest BCUT2D eigenvalue weighted by atomic mass is 32.2. The summed E-state index contributed by atoms with van der Waals surface area (Å²) in [5, 5.41) is 0.0728. The Hall–Kier alpha value is -0.160. The van der Waals surface area contributed by atoms with Gasteiger partial charge in [-0.15, -0.1) is 0 Å². The van der Waals surface area contributed by atoms with E-state index >= 15 is 0 Å². The zero-order chi connectivity index (χ0) is 9.47. The Kier molecular flexibility index (Phi) is 2.32. The Bertz CT molecular complexity index is 279. The van der Waals surface area contributed by atoms with Gasteiger partial charge in [0, 0.05) is 13.1 Å². The third-order valence-corrected chi connectivity index (χ3v) is 5.25. The molecule has 3 nitrogen and oxygen atoms in total. The van der Waals surface area contributed by atoms with E-state index in [0.717, 1.165) is 12.8 Å². The van der Waals surface area contributed by atoms with Gasteiger partial charge in [0.2, 0.25) is 0 Å². The first kappa shape index (κ1) is 9.40. The second kappa shape index (κ2) is 3.20. The van der Waals surface area contributed by atoms with Crippen LogP contribution in [0, 0.1) is 4.78 Å². The highest BCUT2D eigenvalue weighted by Crippen LogP contribution is 2.33. The summed E-state index contributed by atoms with van der Waals surface area (Å²) in [5.74, 6) is 0. The van der Waals surface area contributed by atoms with Gasteiger partial charge in [-0.2, -0.15) is 0 Å². The highest BCUT2D eigenvalue weighted by molar-refractivity contribution is 7.91. The van der Waals surface area contributed by atoms with E-state index in [0.29, 0.717) is 25.9 Å². The maximum absolute atomic E-state index is 12.8. The van der Waals surface area contributed by atoms with Crippen LogP contribution in [0.25, 0.3) is 0 Å². The lowest BCUT2D eigenvalue weighted by atomic mass is 10.1. The molecule has 1 aliphatic carbocycles. The summed E-state index contributed by atoms with van der Waals surface area (Å²) in [6.07, 6.45) is 1.98. The zero-order valence-electron chi connectivity index (χ0n) is 7.54. The van der Waals surface area contributed by atoms with E-state index < -0.39 is 16.1 Å². The monoisotopic (exact) mass is 206 g/mol. The largest absolute Gasteiger partial charge is 0.247 e. The van der Waals surface area contributed by atoms with Gasteiger partial charge in [0.15, 0.2) is 0 Å². The molecule has 1 aliphatic heterocycles. The fraction of sp³-hybridized carbons (Fsp3) is 1.00. The van der Waals surface area contributed by atoms with Crippen molar-refractivity contribution in [3.63, 3.8) is 0 Å². The SMILES string of the molecule is N=S(=O)(C1CC1)N1CCC(F)CC1. The van der Waals surface area contributed by atoms with Crippen molar-refractivity contribution < 1.29 is 8.60 Å². The molecular formula is C8H15FN2OS. The maximum atomic E-state index is 12.8. The molecule has 2 fully saturated rings. The van der Waals surface area contributed by atoms with Crippen LogP contribution in [0.4, 0.5) is 4.39 Å². The minimum atomic E-state index is -2.55. The minimum Gasteiger partial charge on any atom is -0.247 e. The summed E-state index contributed by atoms with van der Waals surface area (Å²) in [7, 11) is -2.55. The van der Waals surface area contributed by atoms with Crippen molar-refractivity contribution in [3.05, 3.63) is 0 Å². The van der Waals surface area contributed by atoms with Crippen LogP contribution in [-0.4, -0.2) is 33.0 Å². The maximum Gasteiger partial charge on any atom is 0.110 e. The molecule has 13 heavy (non-hydrogen) atoms. The van der Waals surface area contributed by atoms with Gasteiger partial charge in [0.1, 0.15) is 16.1 Å². The topological polar surface area (TPSA) is 44.2 Å². The van der Waals surface area contributed by atoms with Crippen LogP contribution in [0.3, 0.4) is 0 Å². The van der Waals surface area contributed by atoms with Crippen LogP contribution in [0.2, 0.25) is 0 Å². The van der Waals surface area contributed by atoms with E-state index in [1.54, 1.807) is 4.31 Å². The Labute approximate surface area is 78.4 Å². The Balaban J connectivity index is 2.01. The van der Waals surface area contributed by atoms with Crippen LogP contribution in [0.5, 0.6) is 0 Å². The molecule has 0 radical (unpaired) electrons. The molecule has 1 atom stereocenters. The highest BCUT2D eigenvalue weighted by Gasteiger charge is 2.38. The number of piperidine rings is 1. The summed E-state index contributed by atoms with van der Waals surface area (Å²) in [5.41, 5.74) is 0. The summed E-state index contributed by atoms with van der Waals surface area (Å²) >= 11 is 0. The van der Waals surface area contributed by atoms with E-state index in [1.807, 2.05) is 0 Å². The normalized spacial score (nSPS) is 31.5. The van der Waals surface area contributed by atoms with E-state index in [2.05, 4.69) is 0 Å². The molecule has 0 aromatic heterocycles. The van der Waals surface area contributed by atoms with Crippen molar-refractivity contribution in [1.29, 1.82) is 4.78 Å². The molecule has 76 valence electrons. The average molecular weight is 206 g/mol. The lowest BCUT2D eigenvalue weighted by Gasteiger charge is -2.29. The zero-order valence-corrected chi connectivity index (χ0v) is 8.36. The first-order chi connectivity index (χ1) is 6.10. The van der Waals surface area contributed by atoms with E-state index in [9.17, 15) is 8.60 Å². The smallest absolute Gasteiger partial charge is 0.110 e. The van der Waals surface area contributed by atoms with Crippen LogP contribution in [0.1, 0.15) is 25.7 Å². The Morgan fingerprint density at radius 1 is 1.23 bits per heavy atom. The number of nitrogens with one attached hydrogen (secondary N) is 1. The van der Waals surface area contributed by atoms with Crippen molar-refractivity contribution >= 4 is 9.92 Å². The lowest BCUT2D eigenvalue weighted by Crippen LogP contribution is -2.40. The van der Waals surface area contributed by atoms with Crippen molar-refractivity contribution in [3.8, 4) is 0 Å². The molecular weight excluding hydrogens is 191 g/mol. The Morgan fingerprint density at radius 2 is 1.77 bits per heavy atom. The van der Waals surface area contributed by atoms with Gasteiger partial charge in [0.25, 0.3) is 0 Å². The number of hydrogen-bond donors (Lipinski definition) is 1. The number of halogens is 1. The predicted molar refractivity (Wildman–Crippen MR) is 49.6 cm³/mol. The van der Waals surface area contributed by atoms with Crippen LogP contribution >= 0.6 is 0 Å². The first-order valence-electron chi connectivity index (χ1n) is 4.77. The molecule has 0 bridgehead atoms.